The highest BCUT2D eigenvalue weighted by Crippen LogP contribution is 2.22. The van der Waals surface area contributed by atoms with Gasteiger partial charge < -0.3 is 15.2 Å². The molecule has 0 saturated heterocycles. The second kappa shape index (κ2) is 8.50. The van der Waals surface area contributed by atoms with Gasteiger partial charge in [0.25, 0.3) is 5.91 Å². The summed E-state index contributed by atoms with van der Waals surface area (Å²) in [7, 11) is 0. The number of para-hydroxylation sites is 1. The van der Waals surface area contributed by atoms with E-state index in [0.717, 1.165) is 32.1 Å². The van der Waals surface area contributed by atoms with Crippen molar-refractivity contribution in [2.24, 2.45) is 0 Å². The van der Waals surface area contributed by atoms with Crippen molar-refractivity contribution in [2.75, 3.05) is 0 Å². The minimum Gasteiger partial charge on any atom is -0.507 e. The van der Waals surface area contributed by atoms with Gasteiger partial charge in [-0.1, -0.05) is 31.4 Å². The van der Waals surface area contributed by atoms with Gasteiger partial charge in [-0.3, -0.25) is 10.1 Å². The first-order chi connectivity index (χ1) is 11.9. The Hall–Kier alpha value is -2.57. The van der Waals surface area contributed by atoms with E-state index in [1.54, 1.807) is 19.1 Å². The number of phenols is 1. The summed E-state index contributed by atoms with van der Waals surface area (Å²) >= 11 is 0. The number of phenolic OH excluding ortho intramolecular Hbond substituents is 1. The first-order valence-corrected chi connectivity index (χ1v) is 8.49. The van der Waals surface area contributed by atoms with Gasteiger partial charge >= 0.3 is 12.0 Å². The molecule has 3 amide bonds. The van der Waals surface area contributed by atoms with Crippen LogP contribution in [-0.4, -0.2) is 35.2 Å². The summed E-state index contributed by atoms with van der Waals surface area (Å²) in [5.41, 5.74) is 0.504. The van der Waals surface area contributed by atoms with Gasteiger partial charge in [0.05, 0.1) is 0 Å². The molecule has 1 aromatic carbocycles. The number of nitrogens with one attached hydrogen (secondary N) is 2. The molecule has 0 bridgehead atoms. The van der Waals surface area contributed by atoms with Gasteiger partial charge in [-0.25, -0.2) is 9.59 Å². The Kier molecular flexibility index (Phi) is 6.38. The predicted molar refractivity (Wildman–Crippen MR) is 91.3 cm³/mol. The Morgan fingerprint density at radius 2 is 1.88 bits per heavy atom. The zero-order valence-corrected chi connectivity index (χ0v) is 14.5. The van der Waals surface area contributed by atoms with Gasteiger partial charge in [0.15, 0.2) is 6.10 Å². The van der Waals surface area contributed by atoms with Gasteiger partial charge in [0, 0.05) is 6.04 Å². The molecule has 1 atom stereocenters. The van der Waals surface area contributed by atoms with Crippen LogP contribution in [0.1, 0.15) is 54.9 Å². The molecule has 1 saturated carbocycles. The number of hydrogen-bond acceptors (Lipinski definition) is 5. The summed E-state index contributed by atoms with van der Waals surface area (Å²) in [5.74, 6) is -1.72. The van der Waals surface area contributed by atoms with E-state index >= 15 is 0 Å². The van der Waals surface area contributed by atoms with Crippen molar-refractivity contribution in [1.82, 2.24) is 10.6 Å². The number of aryl methyl sites for hydroxylation is 1. The summed E-state index contributed by atoms with van der Waals surface area (Å²) in [5, 5.41) is 14.8. The molecule has 1 fully saturated rings. The molecular weight excluding hydrogens is 324 g/mol. The molecule has 3 N–H and O–H groups in total. The third-order valence-corrected chi connectivity index (χ3v) is 4.29. The molecule has 2 rings (SSSR count). The summed E-state index contributed by atoms with van der Waals surface area (Å²) in [6, 6.07) is 4.15. The predicted octanol–water partition coefficient (Wildman–Crippen LogP) is 2.40. The van der Waals surface area contributed by atoms with Crippen molar-refractivity contribution in [2.45, 2.75) is 58.1 Å². The molecule has 25 heavy (non-hydrogen) atoms. The molecule has 136 valence electrons. The molecule has 0 radical (unpaired) electrons. The number of esters is 1. The Morgan fingerprint density at radius 1 is 1.20 bits per heavy atom. The van der Waals surface area contributed by atoms with Gasteiger partial charge in [-0.15, -0.1) is 0 Å². The van der Waals surface area contributed by atoms with Gasteiger partial charge in [-0.2, -0.15) is 0 Å². The van der Waals surface area contributed by atoms with Crippen LogP contribution in [0.25, 0.3) is 0 Å². The van der Waals surface area contributed by atoms with Crippen LogP contribution in [0.4, 0.5) is 4.79 Å². The van der Waals surface area contributed by atoms with Crippen LogP contribution in [0.3, 0.4) is 0 Å². The van der Waals surface area contributed by atoms with Gasteiger partial charge in [-0.05, 0) is 38.3 Å². The molecule has 0 spiro atoms. The van der Waals surface area contributed by atoms with E-state index in [2.05, 4.69) is 10.6 Å². The number of carbonyl (C=O) groups is 3. The van der Waals surface area contributed by atoms with Gasteiger partial charge in [0.1, 0.15) is 11.3 Å². The minimum atomic E-state index is -1.16. The molecule has 1 aliphatic rings. The number of ether oxygens (including phenoxy) is 1. The van der Waals surface area contributed by atoms with E-state index in [-0.39, 0.29) is 17.4 Å². The van der Waals surface area contributed by atoms with E-state index in [1.165, 1.54) is 13.0 Å². The molecule has 1 aromatic rings. The zero-order chi connectivity index (χ0) is 18.4. The smallest absolute Gasteiger partial charge is 0.342 e. The first kappa shape index (κ1) is 18.8. The molecule has 1 aliphatic carbocycles. The van der Waals surface area contributed by atoms with E-state index in [1.807, 2.05) is 0 Å². The van der Waals surface area contributed by atoms with Crippen LogP contribution in [-0.2, 0) is 9.53 Å². The standard InChI is InChI=1S/C18H24N2O5/c1-11-7-6-10-14(15(11)21)17(23)25-12(2)16(22)20-18(24)19-13-8-4-3-5-9-13/h6-7,10,12-13,21H,3-5,8-9H2,1-2H3,(H2,19,20,22,24)/t12-/m1/s1. The summed E-state index contributed by atoms with van der Waals surface area (Å²) in [6.07, 6.45) is 3.93. The van der Waals surface area contributed by atoms with Crippen LogP contribution in [0.2, 0.25) is 0 Å². The fraction of sp³-hybridized carbons (Fsp3) is 0.500. The Bertz CT molecular complexity index is 653. The first-order valence-electron chi connectivity index (χ1n) is 8.49. The van der Waals surface area contributed by atoms with Gasteiger partial charge in [0.2, 0.25) is 0 Å². The quantitative estimate of drug-likeness (QED) is 0.725. The number of carbonyl (C=O) groups excluding carboxylic acids is 3. The third-order valence-electron chi connectivity index (χ3n) is 4.29. The fourth-order valence-electron chi connectivity index (χ4n) is 2.78. The normalized spacial score (nSPS) is 15.9. The fourth-order valence-corrected chi connectivity index (χ4v) is 2.78. The molecule has 0 heterocycles. The van der Waals surface area contributed by atoms with Crippen molar-refractivity contribution in [3.05, 3.63) is 29.3 Å². The average Bonchev–Trinajstić information content (AvgIpc) is 2.57. The van der Waals surface area contributed by atoms with Crippen molar-refractivity contribution in [3.63, 3.8) is 0 Å². The van der Waals surface area contributed by atoms with Crippen LogP contribution >= 0.6 is 0 Å². The van der Waals surface area contributed by atoms with E-state index in [4.69, 9.17) is 4.74 Å². The second-order valence-corrected chi connectivity index (χ2v) is 6.32. The maximum absolute atomic E-state index is 12.1. The summed E-state index contributed by atoms with van der Waals surface area (Å²) in [6.45, 7) is 3.02. The van der Waals surface area contributed by atoms with Crippen molar-refractivity contribution in [1.29, 1.82) is 0 Å². The van der Waals surface area contributed by atoms with E-state index < -0.39 is 24.0 Å². The molecule has 7 nitrogen and oxygen atoms in total. The van der Waals surface area contributed by atoms with Crippen LogP contribution < -0.4 is 10.6 Å². The molecule has 0 aromatic heterocycles. The maximum atomic E-state index is 12.1. The third kappa shape index (κ3) is 5.20. The molecule has 0 unspecified atom stereocenters. The Labute approximate surface area is 146 Å². The monoisotopic (exact) mass is 348 g/mol. The lowest BCUT2D eigenvalue weighted by atomic mass is 9.96. The van der Waals surface area contributed by atoms with Crippen molar-refractivity contribution in [3.8, 4) is 5.75 Å². The van der Waals surface area contributed by atoms with E-state index in [9.17, 15) is 19.5 Å². The summed E-state index contributed by atoms with van der Waals surface area (Å²) < 4.78 is 5.03. The highest BCUT2D eigenvalue weighted by molar-refractivity contribution is 5.99. The summed E-state index contributed by atoms with van der Waals surface area (Å²) in [4.78, 5) is 35.9. The zero-order valence-electron chi connectivity index (χ0n) is 14.5. The Morgan fingerprint density at radius 3 is 2.56 bits per heavy atom. The lowest BCUT2D eigenvalue weighted by molar-refractivity contribution is -0.127. The number of hydrogen-bond donors (Lipinski definition) is 3. The average molecular weight is 348 g/mol. The number of imide groups is 1. The minimum absolute atomic E-state index is 0.0219. The highest BCUT2D eigenvalue weighted by atomic mass is 16.5. The second-order valence-electron chi connectivity index (χ2n) is 6.32. The largest absolute Gasteiger partial charge is 0.507 e. The SMILES string of the molecule is Cc1cccc(C(=O)O[C@H](C)C(=O)NC(=O)NC2CCCCC2)c1O. The molecule has 7 heteroatoms. The van der Waals surface area contributed by atoms with Crippen LogP contribution in [0, 0.1) is 6.92 Å². The number of urea groups is 1. The molecular formula is C18H24N2O5. The number of rotatable bonds is 4. The lowest BCUT2D eigenvalue weighted by Crippen LogP contribution is -2.48. The Balaban J connectivity index is 1.85. The van der Waals surface area contributed by atoms with Crippen molar-refractivity contribution < 1.29 is 24.2 Å². The maximum Gasteiger partial charge on any atom is 0.342 e. The molecule has 0 aliphatic heterocycles. The van der Waals surface area contributed by atoms with Crippen molar-refractivity contribution >= 4 is 17.9 Å². The van der Waals surface area contributed by atoms with E-state index in [0.29, 0.717) is 5.56 Å². The number of aromatic hydroxyl groups is 1. The number of benzene rings is 1. The van der Waals surface area contributed by atoms with Crippen LogP contribution in [0.5, 0.6) is 5.75 Å². The number of amides is 3. The highest BCUT2D eigenvalue weighted by Gasteiger charge is 2.24. The van der Waals surface area contributed by atoms with Crippen LogP contribution in [0.15, 0.2) is 18.2 Å². The topological polar surface area (TPSA) is 105 Å². The lowest BCUT2D eigenvalue weighted by Gasteiger charge is -2.23.